The second-order valence-electron chi connectivity index (χ2n) is 5.32. The molecule has 1 unspecified atom stereocenters. The summed E-state index contributed by atoms with van der Waals surface area (Å²) in [6.07, 6.45) is 2.40. The van der Waals surface area contributed by atoms with E-state index in [-0.39, 0.29) is 18.5 Å². The molecule has 0 amide bonds. The fourth-order valence-electron chi connectivity index (χ4n) is 2.54. The SMILES string of the molecule is CCc1cc2c(nc1C(=O)OC)CCC(C(F)(F)CC)N=C2. The monoisotopic (exact) mass is 310 g/mol. The molecule has 1 aliphatic heterocycles. The Labute approximate surface area is 128 Å². The lowest BCUT2D eigenvalue weighted by molar-refractivity contribution is -0.0295. The third-order valence-electron chi connectivity index (χ3n) is 3.98. The van der Waals surface area contributed by atoms with Crippen molar-refractivity contribution < 1.29 is 18.3 Å². The number of rotatable bonds is 4. The van der Waals surface area contributed by atoms with Crippen LogP contribution in [0.2, 0.25) is 0 Å². The van der Waals surface area contributed by atoms with Gasteiger partial charge in [-0.3, -0.25) is 4.99 Å². The van der Waals surface area contributed by atoms with Crippen LogP contribution in [-0.4, -0.2) is 36.2 Å². The zero-order valence-corrected chi connectivity index (χ0v) is 13.0. The number of methoxy groups -OCH3 is 1. The maximum absolute atomic E-state index is 13.8. The topological polar surface area (TPSA) is 51.5 Å². The standard InChI is InChI=1S/C16H20F2N2O2/c1-4-10-8-11-9-19-13(16(17,18)5-2)7-6-12(11)20-14(10)15(21)22-3/h8-9,13H,4-7H2,1-3H3. The number of carbonyl (C=O) groups excluding carboxylic acids is 1. The minimum atomic E-state index is -2.82. The zero-order valence-electron chi connectivity index (χ0n) is 13.0. The first-order valence-electron chi connectivity index (χ1n) is 7.45. The van der Waals surface area contributed by atoms with Gasteiger partial charge in [0.05, 0.1) is 12.8 Å². The number of fused-ring (bicyclic) bond motifs is 1. The number of pyridine rings is 1. The number of carbonyl (C=O) groups is 1. The summed E-state index contributed by atoms with van der Waals surface area (Å²) in [7, 11) is 1.30. The Bertz CT molecular complexity index is 600. The number of aryl methyl sites for hydroxylation is 2. The van der Waals surface area contributed by atoms with Gasteiger partial charge in [0.1, 0.15) is 6.04 Å². The van der Waals surface area contributed by atoms with Gasteiger partial charge in [-0.25, -0.2) is 18.6 Å². The quantitative estimate of drug-likeness (QED) is 0.802. The number of hydrogen-bond donors (Lipinski definition) is 0. The molecule has 0 fully saturated rings. The molecule has 6 heteroatoms. The number of nitrogens with zero attached hydrogens (tertiary/aromatic N) is 2. The summed E-state index contributed by atoms with van der Waals surface area (Å²) < 4.78 is 32.4. The van der Waals surface area contributed by atoms with Crippen LogP contribution in [0.4, 0.5) is 8.78 Å². The van der Waals surface area contributed by atoms with Crippen molar-refractivity contribution in [3.05, 3.63) is 28.6 Å². The second-order valence-corrected chi connectivity index (χ2v) is 5.32. The average molecular weight is 310 g/mol. The number of esters is 1. The normalized spacial score (nSPS) is 17.8. The highest BCUT2D eigenvalue weighted by Crippen LogP contribution is 2.30. The van der Waals surface area contributed by atoms with Gasteiger partial charge in [0.15, 0.2) is 5.69 Å². The molecule has 0 bridgehead atoms. The molecule has 0 saturated carbocycles. The van der Waals surface area contributed by atoms with E-state index in [1.807, 2.05) is 6.92 Å². The van der Waals surface area contributed by atoms with Crippen molar-refractivity contribution in [1.29, 1.82) is 0 Å². The van der Waals surface area contributed by atoms with E-state index in [0.717, 1.165) is 5.56 Å². The number of aliphatic imine (C=N–C) groups is 1. The van der Waals surface area contributed by atoms with E-state index in [1.165, 1.54) is 20.2 Å². The maximum atomic E-state index is 13.8. The molecule has 120 valence electrons. The lowest BCUT2D eigenvalue weighted by atomic mass is 10.00. The van der Waals surface area contributed by atoms with Crippen molar-refractivity contribution in [2.75, 3.05) is 7.11 Å². The van der Waals surface area contributed by atoms with Gasteiger partial charge in [-0.1, -0.05) is 13.8 Å². The van der Waals surface area contributed by atoms with Gasteiger partial charge in [-0.05, 0) is 30.9 Å². The first-order valence-corrected chi connectivity index (χ1v) is 7.45. The molecule has 0 aromatic carbocycles. The summed E-state index contributed by atoms with van der Waals surface area (Å²) in [5.41, 5.74) is 2.32. The molecule has 0 spiro atoms. The summed E-state index contributed by atoms with van der Waals surface area (Å²) >= 11 is 0. The van der Waals surface area contributed by atoms with E-state index in [4.69, 9.17) is 4.74 Å². The predicted molar refractivity (Wildman–Crippen MR) is 79.9 cm³/mol. The van der Waals surface area contributed by atoms with Crippen LogP contribution in [0.25, 0.3) is 0 Å². The van der Waals surface area contributed by atoms with E-state index < -0.39 is 17.9 Å². The summed E-state index contributed by atoms with van der Waals surface area (Å²) in [5.74, 6) is -3.33. The molecule has 0 radical (unpaired) electrons. The van der Waals surface area contributed by atoms with Crippen molar-refractivity contribution in [3.8, 4) is 0 Å². The van der Waals surface area contributed by atoms with Crippen LogP contribution in [0.15, 0.2) is 11.1 Å². The minimum absolute atomic E-state index is 0.212. The molecular formula is C16H20F2N2O2. The second kappa shape index (κ2) is 6.50. The van der Waals surface area contributed by atoms with E-state index in [9.17, 15) is 13.6 Å². The van der Waals surface area contributed by atoms with E-state index in [0.29, 0.717) is 24.1 Å². The Morgan fingerprint density at radius 1 is 1.45 bits per heavy atom. The van der Waals surface area contributed by atoms with Crippen LogP contribution >= 0.6 is 0 Å². The Morgan fingerprint density at radius 3 is 2.77 bits per heavy atom. The van der Waals surface area contributed by atoms with Crippen molar-refractivity contribution >= 4 is 12.2 Å². The van der Waals surface area contributed by atoms with Gasteiger partial charge in [-0.15, -0.1) is 0 Å². The zero-order chi connectivity index (χ0) is 16.3. The van der Waals surface area contributed by atoms with Crippen LogP contribution in [0, 0.1) is 0 Å². The molecule has 22 heavy (non-hydrogen) atoms. The minimum Gasteiger partial charge on any atom is -0.464 e. The molecule has 1 atom stereocenters. The molecule has 4 nitrogen and oxygen atoms in total. The van der Waals surface area contributed by atoms with Crippen LogP contribution in [0.5, 0.6) is 0 Å². The van der Waals surface area contributed by atoms with E-state index in [1.54, 1.807) is 6.07 Å². The Balaban J connectivity index is 2.39. The van der Waals surface area contributed by atoms with Gasteiger partial charge in [0.2, 0.25) is 0 Å². The van der Waals surface area contributed by atoms with Gasteiger partial charge >= 0.3 is 5.97 Å². The van der Waals surface area contributed by atoms with Crippen molar-refractivity contribution in [2.45, 2.75) is 51.5 Å². The lowest BCUT2D eigenvalue weighted by Crippen LogP contribution is -2.31. The number of aromatic nitrogens is 1. The predicted octanol–water partition coefficient (Wildman–Crippen LogP) is 3.21. The molecular weight excluding hydrogens is 290 g/mol. The van der Waals surface area contributed by atoms with Crippen LogP contribution in [-0.2, 0) is 17.6 Å². The number of halogens is 2. The Kier molecular flexibility index (Phi) is 4.88. The number of alkyl halides is 2. The van der Waals surface area contributed by atoms with Crippen molar-refractivity contribution in [1.82, 2.24) is 4.98 Å². The summed E-state index contributed by atoms with van der Waals surface area (Å²) in [4.78, 5) is 20.2. The fourth-order valence-corrected chi connectivity index (χ4v) is 2.54. The molecule has 1 aromatic rings. The largest absolute Gasteiger partial charge is 0.464 e. The van der Waals surface area contributed by atoms with Crippen LogP contribution in [0.1, 0.15) is 54.0 Å². The van der Waals surface area contributed by atoms with Gasteiger partial charge < -0.3 is 4.74 Å². The Morgan fingerprint density at radius 2 is 2.18 bits per heavy atom. The van der Waals surface area contributed by atoms with Crippen molar-refractivity contribution in [2.24, 2.45) is 4.99 Å². The van der Waals surface area contributed by atoms with Gasteiger partial charge in [0, 0.05) is 18.2 Å². The van der Waals surface area contributed by atoms with Crippen LogP contribution in [0.3, 0.4) is 0 Å². The molecule has 1 aliphatic rings. The van der Waals surface area contributed by atoms with Crippen LogP contribution < -0.4 is 0 Å². The molecule has 2 heterocycles. The first kappa shape index (κ1) is 16.5. The first-order chi connectivity index (χ1) is 10.4. The molecule has 0 aliphatic carbocycles. The third kappa shape index (κ3) is 3.15. The summed E-state index contributed by atoms with van der Waals surface area (Å²) in [5, 5.41) is 0. The molecule has 1 aromatic heterocycles. The third-order valence-corrected chi connectivity index (χ3v) is 3.98. The van der Waals surface area contributed by atoms with E-state index in [2.05, 4.69) is 9.98 Å². The Hall–Kier alpha value is -1.85. The highest BCUT2D eigenvalue weighted by molar-refractivity contribution is 5.91. The summed E-state index contributed by atoms with van der Waals surface area (Å²) in [6.45, 7) is 3.36. The van der Waals surface area contributed by atoms with E-state index >= 15 is 0 Å². The lowest BCUT2D eigenvalue weighted by Gasteiger charge is -2.21. The average Bonchev–Trinajstić information content (AvgIpc) is 2.75. The highest BCUT2D eigenvalue weighted by atomic mass is 19.3. The highest BCUT2D eigenvalue weighted by Gasteiger charge is 2.37. The van der Waals surface area contributed by atoms with Gasteiger partial charge in [-0.2, -0.15) is 0 Å². The molecule has 2 rings (SSSR count). The summed E-state index contributed by atoms with van der Waals surface area (Å²) in [6, 6.07) is 0.753. The van der Waals surface area contributed by atoms with Crippen molar-refractivity contribution in [3.63, 3.8) is 0 Å². The number of hydrogen-bond acceptors (Lipinski definition) is 4. The smallest absolute Gasteiger partial charge is 0.356 e. The maximum Gasteiger partial charge on any atom is 0.356 e. The fraction of sp³-hybridized carbons (Fsp3) is 0.562. The molecule has 0 saturated heterocycles. The number of ether oxygens (including phenoxy) is 1. The molecule has 0 N–H and O–H groups in total. The van der Waals surface area contributed by atoms with Gasteiger partial charge in [0.25, 0.3) is 5.92 Å².